The largest absolute Gasteiger partial charge is 0.398 e. The molecule has 3 heteroatoms. The lowest BCUT2D eigenvalue weighted by Gasteiger charge is -2.42. The van der Waals surface area contributed by atoms with Crippen molar-refractivity contribution in [1.82, 2.24) is 0 Å². The summed E-state index contributed by atoms with van der Waals surface area (Å²) in [7, 11) is -2.41. The molecule has 0 aliphatic rings. The molecule has 3 aromatic rings. The van der Waals surface area contributed by atoms with E-state index in [4.69, 9.17) is 4.43 Å². The van der Waals surface area contributed by atoms with Gasteiger partial charge < -0.3 is 4.43 Å². The van der Waals surface area contributed by atoms with Crippen molar-refractivity contribution in [2.45, 2.75) is 31.6 Å². The van der Waals surface area contributed by atoms with Crippen LogP contribution in [0.3, 0.4) is 0 Å². The molecule has 0 fully saturated rings. The number of rotatable bonds is 7. The van der Waals surface area contributed by atoms with Gasteiger partial charge >= 0.3 is 0 Å². The van der Waals surface area contributed by atoms with Crippen LogP contribution in [-0.2, 0) is 10.2 Å². The first kappa shape index (κ1) is 19.9. The van der Waals surface area contributed by atoms with Crippen LogP contribution >= 0.6 is 11.8 Å². The van der Waals surface area contributed by atoms with E-state index in [1.54, 1.807) is 0 Å². The lowest BCUT2D eigenvalue weighted by atomic mass is 10.2. The summed E-state index contributed by atoms with van der Waals surface area (Å²) >= 11 is 1.85. The molecule has 0 N–H and O–H groups in total. The summed E-state index contributed by atoms with van der Waals surface area (Å²) in [5.74, 6) is 1.67. The average molecular weight is 393 g/mol. The zero-order valence-electron chi connectivity index (χ0n) is 16.4. The van der Waals surface area contributed by atoms with E-state index in [2.05, 4.69) is 112 Å². The fourth-order valence-corrected chi connectivity index (χ4v) is 9.33. The molecule has 0 aliphatic heterocycles. The Bertz CT molecular complexity index is 774. The van der Waals surface area contributed by atoms with Gasteiger partial charge in [-0.25, -0.2) is 0 Å². The summed E-state index contributed by atoms with van der Waals surface area (Å²) in [6, 6.07) is 32.3. The van der Waals surface area contributed by atoms with Gasteiger partial charge in [0.2, 0.25) is 0 Å². The van der Waals surface area contributed by atoms with Crippen molar-refractivity contribution in [2.75, 3.05) is 5.94 Å². The number of hydrogen-bond acceptors (Lipinski definition) is 2. The maximum atomic E-state index is 6.89. The van der Waals surface area contributed by atoms with Gasteiger partial charge in [0.05, 0.1) is 5.94 Å². The van der Waals surface area contributed by atoms with Gasteiger partial charge in [0.1, 0.15) is 0 Å². The van der Waals surface area contributed by atoms with E-state index in [0.29, 0.717) is 5.94 Å². The standard InChI is InChI=1S/C24H28OSSi/c1-24(2,3)27(22-15-9-5-10-16-22,23-17-11-6-12-18-23)25-20-26-19-21-13-7-4-8-14-21/h4-18H,19-20H2,1-3H3. The molecule has 0 saturated heterocycles. The Kier molecular flexibility index (Phi) is 6.58. The molecule has 3 rings (SSSR count). The maximum absolute atomic E-state index is 6.89. The van der Waals surface area contributed by atoms with E-state index in [1.807, 2.05) is 11.8 Å². The minimum atomic E-state index is -2.41. The predicted molar refractivity (Wildman–Crippen MR) is 121 cm³/mol. The zero-order chi connectivity index (χ0) is 19.2. The van der Waals surface area contributed by atoms with Gasteiger partial charge in [-0.15, -0.1) is 11.8 Å². The Balaban J connectivity index is 1.89. The summed E-state index contributed by atoms with van der Waals surface area (Å²) in [6.07, 6.45) is 0. The van der Waals surface area contributed by atoms with Crippen molar-refractivity contribution in [3.8, 4) is 0 Å². The molecule has 140 valence electrons. The first-order valence-corrected chi connectivity index (χ1v) is 12.5. The van der Waals surface area contributed by atoms with E-state index in [1.165, 1.54) is 15.9 Å². The van der Waals surface area contributed by atoms with Crippen LogP contribution < -0.4 is 10.4 Å². The van der Waals surface area contributed by atoms with Crippen LogP contribution in [0.15, 0.2) is 91.0 Å². The summed E-state index contributed by atoms with van der Waals surface area (Å²) in [6.45, 7) is 6.96. The van der Waals surface area contributed by atoms with Crippen LogP contribution in [0.2, 0.25) is 5.04 Å². The van der Waals surface area contributed by atoms with Crippen molar-refractivity contribution in [3.05, 3.63) is 96.6 Å². The summed E-state index contributed by atoms with van der Waals surface area (Å²) in [5.41, 5.74) is 1.34. The molecule has 0 radical (unpaired) electrons. The van der Waals surface area contributed by atoms with Crippen LogP contribution in [0.25, 0.3) is 0 Å². The molecule has 0 saturated carbocycles. The third-order valence-corrected chi connectivity index (χ3v) is 10.9. The fourth-order valence-electron chi connectivity index (χ4n) is 3.63. The fraction of sp³-hybridized carbons (Fsp3) is 0.250. The van der Waals surface area contributed by atoms with Crippen LogP contribution in [0.5, 0.6) is 0 Å². The minimum Gasteiger partial charge on any atom is -0.398 e. The first-order valence-electron chi connectivity index (χ1n) is 9.41. The summed E-state index contributed by atoms with van der Waals surface area (Å²) < 4.78 is 6.89. The zero-order valence-corrected chi connectivity index (χ0v) is 18.2. The molecule has 0 spiro atoms. The van der Waals surface area contributed by atoms with E-state index in [9.17, 15) is 0 Å². The topological polar surface area (TPSA) is 9.23 Å². The van der Waals surface area contributed by atoms with Gasteiger partial charge in [0, 0.05) is 5.75 Å². The Hall–Kier alpha value is -1.81. The monoisotopic (exact) mass is 392 g/mol. The minimum absolute atomic E-state index is 0.0308. The second kappa shape index (κ2) is 8.92. The Morgan fingerprint density at radius 1 is 0.704 bits per heavy atom. The highest BCUT2D eigenvalue weighted by Gasteiger charge is 2.50. The normalized spacial score (nSPS) is 12.1. The van der Waals surface area contributed by atoms with Gasteiger partial charge in [-0.3, -0.25) is 0 Å². The van der Waals surface area contributed by atoms with E-state index in [0.717, 1.165) is 5.75 Å². The smallest absolute Gasteiger partial charge is 0.262 e. The number of hydrogen-bond donors (Lipinski definition) is 0. The molecule has 0 atom stereocenters. The van der Waals surface area contributed by atoms with Gasteiger partial charge in [0.15, 0.2) is 0 Å². The van der Waals surface area contributed by atoms with E-state index < -0.39 is 8.32 Å². The quantitative estimate of drug-likeness (QED) is 0.300. The molecular formula is C24H28OSSi. The van der Waals surface area contributed by atoms with Gasteiger partial charge in [-0.1, -0.05) is 112 Å². The number of benzene rings is 3. The molecule has 27 heavy (non-hydrogen) atoms. The third-order valence-electron chi connectivity index (χ3n) is 4.89. The average Bonchev–Trinajstić information content (AvgIpc) is 2.69. The van der Waals surface area contributed by atoms with E-state index in [-0.39, 0.29) is 5.04 Å². The molecular weight excluding hydrogens is 364 g/mol. The molecule has 0 unspecified atom stereocenters. The molecule has 1 nitrogen and oxygen atoms in total. The summed E-state index contributed by atoms with van der Waals surface area (Å²) in [5, 5.41) is 2.70. The van der Waals surface area contributed by atoms with Crippen molar-refractivity contribution >= 4 is 30.5 Å². The van der Waals surface area contributed by atoms with Crippen LogP contribution in [0, 0.1) is 0 Å². The molecule has 0 heterocycles. The van der Waals surface area contributed by atoms with Crippen molar-refractivity contribution in [2.24, 2.45) is 0 Å². The van der Waals surface area contributed by atoms with Gasteiger partial charge in [-0.2, -0.15) is 0 Å². The Labute approximate surface area is 168 Å². The Morgan fingerprint density at radius 2 is 1.15 bits per heavy atom. The second-order valence-corrected chi connectivity index (χ2v) is 13.0. The second-order valence-electron chi connectivity index (χ2n) is 7.76. The lowest BCUT2D eigenvalue weighted by Crippen LogP contribution is -2.66. The van der Waals surface area contributed by atoms with Crippen molar-refractivity contribution in [1.29, 1.82) is 0 Å². The van der Waals surface area contributed by atoms with Crippen LogP contribution in [0.4, 0.5) is 0 Å². The lowest BCUT2D eigenvalue weighted by molar-refractivity contribution is 0.366. The third kappa shape index (κ3) is 4.54. The van der Waals surface area contributed by atoms with Crippen LogP contribution in [0.1, 0.15) is 26.3 Å². The first-order chi connectivity index (χ1) is 13.0. The highest BCUT2D eigenvalue weighted by molar-refractivity contribution is 7.98. The highest BCUT2D eigenvalue weighted by atomic mass is 32.2. The Morgan fingerprint density at radius 3 is 1.59 bits per heavy atom. The van der Waals surface area contributed by atoms with Crippen molar-refractivity contribution in [3.63, 3.8) is 0 Å². The SMILES string of the molecule is CC(C)(C)[Si](OCSCc1ccccc1)(c1ccccc1)c1ccccc1. The van der Waals surface area contributed by atoms with Crippen LogP contribution in [-0.4, -0.2) is 14.3 Å². The maximum Gasteiger partial charge on any atom is 0.262 e. The van der Waals surface area contributed by atoms with Gasteiger partial charge in [0.25, 0.3) is 8.32 Å². The molecule has 0 aromatic heterocycles. The molecule has 3 aromatic carbocycles. The highest BCUT2D eigenvalue weighted by Crippen LogP contribution is 2.37. The van der Waals surface area contributed by atoms with Gasteiger partial charge in [-0.05, 0) is 21.0 Å². The van der Waals surface area contributed by atoms with E-state index >= 15 is 0 Å². The molecule has 0 aliphatic carbocycles. The number of thioether (sulfide) groups is 1. The van der Waals surface area contributed by atoms with Crippen molar-refractivity contribution < 1.29 is 4.43 Å². The molecule has 0 bridgehead atoms. The predicted octanol–water partition coefficient (Wildman–Crippen LogP) is 5.45. The molecule has 0 amide bonds. The summed E-state index contributed by atoms with van der Waals surface area (Å²) in [4.78, 5) is 0.